The van der Waals surface area contributed by atoms with Gasteiger partial charge in [0, 0.05) is 17.7 Å². The van der Waals surface area contributed by atoms with Gasteiger partial charge in [0.1, 0.15) is 5.82 Å². The Kier molecular flexibility index (Phi) is 2.57. The van der Waals surface area contributed by atoms with Crippen molar-refractivity contribution in [3.63, 3.8) is 0 Å². The fourth-order valence-corrected chi connectivity index (χ4v) is 2.86. The van der Waals surface area contributed by atoms with Gasteiger partial charge >= 0.3 is 0 Å². The Hall–Kier alpha value is -2.37. The van der Waals surface area contributed by atoms with Gasteiger partial charge in [0.2, 0.25) is 0 Å². The van der Waals surface area contributed by atoms with Gasteiger partial charge in [-0.15, -0.1) is 0 Å². The Labute approximate surface area is 116 Å². The Morgan fingerprint density at radius 1 is 1.35 bits per heavy atom. The number of nitrogens with zero attached hydrogens (tertiary/aromatic N) is 3. The highest BCUT2D eigenvalue weighted by molar-refractivity contribution is 5.56. The minimum absolute atomic E-state index is 0.0401. The van der Waals surface area contributed by atoms with Gasteiger partial charge in [-0.2, -0.15) is 5.10 Å². The van der Waals surface area contributed by atoms with Gasteiger partial charge in [0.25, 0.3) is 5.69 Å². The van der Waals surface area contributed by atoms with Crippen molar-refractivity contribution in [2.24, 2.45) is 0 Å². The minimum Gasteiger partial charge on any atom is -0.383 e. The van der Waals surface area contributed by atoms with E-state index in [0.717, 1.165) is 29.8 Å². The Balaban J connectivity index is 2.06. The van der Waals surface area contributed by atoms with E-state index < -0.39 is 4.92 Å². The van der Waals surface area contributed by atoms with Crippen LogP contribution >= 0.6 is 0 Å². The molecule has 0 saturated carbocycles. The molecule has 0 spiro atoms. The van der Waals surface area contributed by atoms with E-state index in [9.17, 15) is 10.1 Å². The summed E-state index contributed by atoms with van der Waals surface area (Å²) in [5.41, 5.74) is 9.22. The van der Waals surface area contributed by atoms with Crippen molar-refractivity contribution in [2.75, 3.05) is 5.73 Å². The molecule has 1 aromatic carbocycles. The van der Waals surface area contributed by atoms with E-state index in [0.29, 0.717) is 5.82 Å². The molecule has 1 aliphatic carbocycles. The summed E-state index contributed by atoms with van der Waals surface area (Å²) in [7, 11) is 0. The van der Waals surface area contributed by atoms with Crippen LogP contribution in [0.5, 0.6) is 0 Å². The molecular weight excluding hydrogens is 256 g/mol. The molecule has 1 heterocycles. The van der Waals surface area contributed by atoms with Crippen molar-refractivity contribution in [3.8, 4) is 5.69 Å². The van der Waals surface area contributed by atoms with E-state index >= 15 is 0 Å². The van der Waals surface area contributed by atoms with E-state index in [2.05, 4.69) is 18.9 Å². The van der Waals surface area contributed by atoms with Gasteiger partial charge in [-0.3, -0.25) is 10.1 Å². The third kappa shape index (κ3) is 1.76. The molecule has 0 saturated heterocycles. The van der Waals surface area contributed by atoms with Crippen LogP contribution in [-0.2, 0) is 11.8 Å². The monoisotopic (exact) mass is 272 g/mol. The summed E-state index contributed by atoms with van der Waals surface area (Å²) in [4.78, 5) is 10.3. The molecule has 20 heavy (non-hydrogen) atoms. The first-order chi connectivity index (χ1) is 9.40. The van der Waals surface area contributed by atoms with Crippen LogP contribution in [0, 0.1) is 10.1 Å². The number of rotatable bonds is 2. The maximum atomic E-state index is 10.7. The maximum Gasteiger partial charge on any atom is 0.269 e. The normalized spacial score (nSPS) is 16.1. The number of fused-ring (bicyclic) bond motifs is 1. The SMILES string of the molecule is CC1(C)CCc2nn(-c3ccc([N+](=O)[O-])cc3)c(N)c21. The Morgan fingerprint density at radius 2 is 2.00 bits per heavy atom. The first kappa shape index (κ1) is 12.7. The number of nitrogen functional groups attached to an aromatic ring is 1. The number of aryl methyl sites for hydroxylation is 1. The summed E-state index contributed by atoms with van der Waals surface area (Å²) >= 11 is 0. The molecule has 2 aromatic rings. The second kappa shape index (κ2) is 4.06. The summed E-state index contributed by atoms with van der Waals surface area (Å²) in [6.45, 7) is 4.33. The highest BCUT2D eigenvalue weighted by Gasteiger charge is 2.36. The summed E-state index contributed by atoms with van der Waals surface area (Å²) < 4.78 is 1.68. The lowest BCUT2D eigenvalue weighted by molar-refractivity contribution is -0.384. The minimum atomic E-state index is -0.417. The van der Waals surface area contributed by atoms with Gasteiger partial charge in [-0.05, 0) is 30.4 Å². The molecule has 0 aliphatic heterocycles. The average Bonchev–Trinajstić information content (AvgIpc) is 2.89. The highest BCUT2D eigenvalue weighted by Crippen LogP contribution is 2.42. The third-order valence-corrected chi connectivity index (χ3v) is 3.96. The average molecular weight is 272 g/mol. The molecular formula is C14H16N4O2. The number of aromatic nitrogens is 2. The van der Waals surface area contributed by atoms with Gasteiger partial charge in [0.15, 0.2) is 0 Å². The van der Waals surface area contributed by atoms with E-state index in [1.807, 2.05) is 0 Å². The standard InChI is InChI=1S/C14H16N4O2/c1-14(2)8-7-11-12(14)13(15)17(16-11)9-3-5-10(6-4-9)18(19)20/h3-6H,7-8,15H2,1-2H3. The van der Waals surface area contributed by atoms with E-state index in [1.165, 1.54) is 12.1 Å². The number of nitro benzene ring substituents is 1. The molecule has 2 N–H and O–H groups in total. The van der Waals surface area contributed by atoms with Crippen molar-refractivity contribution in [1.29, 1.82) is 0 Å². The number of benzene rings is 1. The van der Waals surface area contributed by atoms with Crippen molar-refractivity contribution in [3.05, 3.63) is 45.6 Å². The molecule has 0 unspecified atom stereocenters. The second-order valence-electron chi connectivity index (χ2n) is 5.78. The van der Waals surface area contributed by atoms with Crippen molar-refractivity contribution in [2.45, 2.75) is 32.1 Å². The molecule has 3 rings (SSSR count). The summed E-state index contributed by atoms with van der Waals surface area (Å²) in [6.07, 6.45) is 1.97. The Bertz CT molecular complexity index is 686. The predicted octanol–water partition coefficient (Wildman–Crippen LogP) is 2.59. The molecule has 6 heteroatoms. The largest absolute Gasteiger partial charge is 0.383 e. The number of nitrogens with two attached hydrogens (primary N) is 1. The fourth-order valence-electron chi connectivity index (χ4n) is 2.86. The zero-order chi connectivity index (χ0) is 14.5. The Morgan fingerprint density at radius 3 is 2.55 bits per heavy atom. The quantitative estimate of drug-likeness (QED) is 0.672. The van der Waals surface area contributed by atoms with Crippen LogP contribution < -0.4 is 5.73 Å². The van der Waals surface area contributed by atoms with E-state index in [-0.39, 0.29) is 11.1 Å². The van der Waals surface area contributed by atoms with Crippen molar-refractivity contribution >= 4 is 11.5 Å². The molecule has 1 aliphatic rings. The summed E-state index contributed by atoms with van der Waals surface area (Å²) in [5, 5.41) is 15.2. The summed E-state index contributed by atoms with van der Waals surface area (Å²) in [5.74, 6) is 0.636. The van der Waals surface area contributed by atoms with Crippen LogP contribution in [-0.4, -0.2) is 14.7 Å². The predicted molar refractivity (Wildman–Crippen MR) is 76.0 cm³/mol. The lowest BCUT2D eigenvalue weighted by Gasteiger charge is -2.18. The van der Waals surface area contributed by atoms with Crippen LogP contribution in [0.25, 0.3) is 5.69 Å². The molecule has 0 fully saturated rings. The van der Waals surface area contributed by atoms with Crippen LogP contribution in [0.3, 0.4) is 0 Å². The zero-order valence-corrected chi connectivity index (χ0v) is 11.5. The van der Waals surface area contributed by atoms with Crippen LogP contribution in [0.1, 0.15) is 31.5 Å². The summed E-state index contributed by atoms with van der Waals surface area (Å²) in [6, 6.07) is 6.27. The maximum absolute atomic E-state index is 10.7. The molecule has 0 radical (unpaired) electrons. The first-order valence-corrected chi connectivity index (χ1v) is 6.53. The second-order valence-corrected chi connectivity index (χ2v) is 5.78. The van der Waals surface area contributed by atoms with Crippen molar-refractivity contribution in [1.82, 2.24) is 9.78 Å². The molecule has 0 bridgehead atoms. The molecule has 1 aromatic heterocycles. The van der Waals surface area contributed by atoms with Crippen LogP contribution in [0.2, 0.25) is 0 Å². The molecule has 0 atom stereocenters. The molecule has 0 amide bonds. The number of hydrogen-bond acceptors (Lipinski definition) is 4. The number of hydrogen-bond donors (Lipinski definition) is 1. The topological polar surface area (TPSA) is 87.0 Å². The lowest BCUT2D eigenvalue weighted by Crippen LogP contribution is -2.15. The fraction of sp³-hybridized carbons (Fsp3) is 0.357. The zero-order valence-electron chi connectivity index (χ0n) is 11.5. The van der Waals surface area contributed by atoms with E-state index in [1.54, 1.807) is 16.8 Å². The lowest BCUT2D eigenvalue weighted by atomic mass is 9.87. The van der Waals surface area contributed by atoms with Crippen molar-refractivity contribution < 1.29 is 4.92 Å². The van der Waals surface area contributed by atoms with Gasteiger partial charge in [-0.25, -0.2) is 4.68 Å². The van der Waals surface area contributed by atoms with E-state index in [4.69, 9.17) is 5.73 Å². The number of anilines is 1. The van der Waals surface area contributed by atoms with Gasteiger partial charge < -0.3 is 5.73 Å². The first-order valence-electron chi connectivity index (χ1n) is 6.53. The third-order valence-electron chi connectivity index (χ3n) is 3.96. The molecule has 6 nitrogen and oxygen atoms in total. The smallest absolute Gasteiger partial charge is 0.269 e. The highest BCUT2D eigenvalue weighted by atomic mass is 16.6. The van der Waals surface area contributed by atoms with Gasteiger partial charge in [0.05, 0.1) is 16.3 Å². The number of nitro groups is 1. The van der Waals surface area contributed by atoms with Crippen LogP contribution in [0.15, 0.2) is 24.3 Å². The van der Waals surface area contributed by atoms with Gasteiger partial charge in [-0.1, -0.05) is 13.8 Å². The van der Waals surface area contributed by atoms with Crippen LogP contribution in [0.4, 0.5) is 11.5 Å². The molecule has 104 valence electrons. The number of non-ortho nitro benzene ring substituents is 1.